The number of aliphatic hydroxyl groups is 2. The van der Waals surface area contributed by atoms with Crippen molar-refractivity contribution >= 4 is 29.1 Å². The zero-order chi connectivity index (χ0) is 20.8. The third-order valence-electron chi connectivity index (χ3n) is 4.96. The fourth-order valence-electron chi connectivity index (χ4n) is 3.28. The molecular formula is C21H23N3O5. The Hall–Kier alpha value is -3.23. The van der Waals surface area contributed by atoms with Crippen LogP contribution in [-0.2, 0) is 9.59 Å². The number of hydrogen-bond acceptors (Lipinski definition) is 5. The first-order chi connectivity index (χ1) is 14.0. The number of nitrogens with zero attached hydrogens (tertiary/aromatic N) is 1. The summed E-state index contributed by atoms with van der Waals surface area (Å²) in [4.78, 5) is 38.2. The van der Waals surface area contributed by atoms with E-state index in [1.807, 2.05) is 18.2 Å². The Bertz CT molecular complexity index is 858. The second-order valence-corrected chi connectivity index (χ2v) is 6.95. The lowest BCUT2D eigenvalue weighted by atomic mass is 9.98. The van der Waals surface area contributed by atoms with Gasteiger partial charge >= 0.3 is 11.8 Å². The molecule has 1 aliphatic rings. The first-order valence-corrected chi connectivity index (χ1v) is 9.30. The lowest BCUT2D eigenvalue weighted by molar-refractivity contribution is -0.142. The Morgan fingerprint density at radius 2 is 1.38 bits per heavy atom. The van der Waals surface area contributed by atoms with Crippen molar-refractivity contribution in [3.05, 3.63) is 60.2 Å². The number of carbonyl (C=O) groups is 3. The minimum Gasteiger partial charge on any atom is -0.396 e. The van der Waals surface area contributed by atoms with Gasteiger partial charge in [0, 0.05) is 55.1 Å². The predicted octanol–water partition coefficient (Wildman–Crippen LogP) is 0.937. The maximum Gasteiger partial charge on any atom is 0.313 e. The predicted molar refractivity (Wildman–Crippen MR) is 107 cm³/mol. The molecule has 0 bridgehead atoms. The lowest BCUT2D eigenvalue weighted by Crippen LogP contribution is -2.38. The molecule has 0 saturated carbocycles. The van der Waals surface area contributed by atoms with E-state index in [4.69, 9.17) is 0 Å². The average molecular weight is 397 g/mol. The highest BCUT2D eigenvalue weighted by molar-refractivity contribution is 6.39. The van der Waals surface area contributed by atoms with Gasteiger partial charge in [-0.2, -0.15) is 0 Å². The fourth-order valence-corrected chi connectivity index (χ4v) is 3.28. The zero-order valence-electron chi connectivity index (χ0n) is 15.7. The number of para-hydroxylation sites is 1. The highest BCUT2D eigenvalue weighted by Gasteiger charge is 2.36. The summed E-state index contributed by atoms with van der Waals surface area (Å²) in [5, 5.41) is 23.9. The van der Waals surface area contributed by atoms with Gasteiger partial charge in [0.25, 0.3) is 5.91 Å². The van der Waals surface area contributed by atoms with Crippen molar-refractivity contribution < 1.29 is 24.6 Å². The molecule has 3 amide bonds. The summed E-state index contributed by atoms with van der Waals surface area (Å²) >= 11 is 0. The second kappa shape index (κ2) is 9.31. The van der Waals surface area contributed by atoms with Crippen molar-refractivity contribution in [2.75, 3.05) is 36.9 Å². The monoisotopic (exact) mass is 397 g/mol. The van der Waals surface area contributed by atoms with E-state index in [-0.39, 0.29) is 44.0 Å². The summed E-state index contributed by atoms with van der Waals surface area (Å²) in [6, 6.07) is 15.2. The Labute approximate surface area is 168 Å². The van der Waals surface area contributed by atoms with E-state index in [9.17, 15) is 24.6 Å². The average Bonchev–Trinajstić information content (AvgIpc) is 3.18. The Kier molecular flexibility index (Phi) is 6.58. The summed E-state index contributed by atoms with van der Waals surface area (Å²) < 4.78 is 0. The van der Waals surface area contributed by atoms with Crippen LogP contribution in [0.5, 0.6) is 0 Å². The van der Waals surface area contributed by atoms with E-state index >= 15 is 0 Å². The molecule has 8 nitrogen and oxygen atoms in total. The van der Waals surface area contributed by atoms with Crippen molar-refractivity contribution in [3.8, 4) is 0 Å². The number of nitrogens with one attached hydrogen (secondary N) is 2. The first kappa shape index (κ1) is 20.5. The Morgan fingerprint density at radius 1 is 0.828 bits per heavy atom. The molecule has 0 aromatic heterocycles. The van der Waals surface area contributed by atoms with Gasteiger partial charge < -0.3 is 25.7 Å². The van der Waals surface area contributed by atoms with Crippen LogP contribution in [0.1, 0.15) is 10.4 Å². The largest absolute Gasteiger partial charge is 0.396 e. The molecule has 2 aromatic carbocycles. The quantitative estimate of drug-likeness (QED) is 0.560. The van der Waals surface area contributed by atoms with Gasteiger partial charge in [0.05, 0.1) is 0 Å². The SMILES string of the molecule is O=C(Nc1ccc(C(=O)Nc2ccccc2)cc1)C(=O)N1C[C@@H](CO)[C@H](CO)C1. The summed E-state index contributed by atoms with van der Waals surface area (Å²) in [6.07, 6.45) is 0. The van der Waals surface area contributed by atoms with Crippen LogP contribution in [0.15, 0.2) is 54.6 Å². The van der Waals surface area contributed by atoms with Crippen molar-refractivity contribution in [2.45, 2.75) is 0 Å². The number of amides is 3. The van der Waals surface area contributed by atoms with Gasteiger partial charge in [-0.15, -0.1) is 0 Å². The van der Waals surface area contributed by atoms with Crippen LogP contribution in [0.25, 0.3) is 0 Å². The van der Waals surface area contributed by atoms with Gasteiger partial charge in [-0.3, -0.25) is 14.4 Å². The van der Waals surface area contributed by atoms with E-state index in [0.29, 0.717) is 16.9 Å². The molecule has 1 fully saturated rings. The third kappa shape index (κ3) is 4.98. The normalized spacial score (nSPS) is 18.3. The number of benzene rings is 2. The first-order valence-electron chi connectivity index (χ1n) is 9.30. The molecule has 0 aliphatic carbocycles. The maximum atomic E-state index is 12.3. The van der Waals surface area contributed by atoms with Gasteiger partial charge in [0.15, 0.2) is 0 Å². The molecule has 2 atom stereocenters. The van der Waals surface area contributed by atoms with Crippen molar-refractivity contribution in [1.82, 2.24) is 4.90 Å². The maximum absolute atomic E-state index is 12.3. The van der Waals surface area contributed by atoms with Crippen molar-refractivity contribution in [2.24, 2.45) is 11.8 Å². The van der Waals surface area contributed by atoms with Gasteiger partial charge in [0.2, 0.25) is 0 Å². The summed E-state index contributed by atoms with van der Waals surface area (Å²) in [7, 11) is 0. The number of likely N-dealkylation sites (tertiary alicyclic amines) is 1. The van der Waals surface area contributed by atoms with Crippen LogP contribution in [0.4, 0.5) is 11.4 Å². The minimum atomic E-state index is -0.804. The van der Waals surface area contributed by atoms with Crippen LogP contribution in [0, 0.1) is 11.8 Å². The Balaban J connectivity index is 1.57. The fraction of sp³-hybridized carbons (Fsp3) is 0.286. The summed E-state index contributed by atoms with van der Waals surface area (Å²) in [6.45, 7) is 0.158. The molecule has 1 aliphatic heterocycles. The van der Waals surface area contributed by atoms with E-state index in [2.05, 4.69) is 10.6 Å². The van der Waals surface area contributed by atoms with Gasteiger partial charge in [0.1, 0.15) is 0 Å². The van der Waals surface area contributed by atoms with E-state index in [1.165, 1.54) is 4.90 Å². The topological polar surface area (TPSA) is 119 Å². The number of hydrogen-bond donors (Lipinski definition) is 4. The van der Waals surface area contributed by atoms with Crippen LogP contribution in [0.3, 0.4) is 0 Å². The molecule has 4 N–H and O–H groups in total. The van der Waals surface area contributed by atoms with Gasteiger partial charge in [-0.05, 0) is 36.4 Å². The van der Waals surface area contributed by atoms with Crippen LogP contribution in [0.2, 0.25) is 0 Å². The summed E-state index contributed by atoms with van der Waals surface area (Å²) in [5.41, 5.74) is 1.47. The number of rotatable bonds is 5. The molecule has 0 spiro atoms. The molecule has 2 aromatic rings. The van der Waals surface area contributed by atoms with Crippen LogP contribution < -0.4 is 10.6 Å². The zero-order valence-corrected chi connectivity index (χ0v) is 15.7. The standard InChI is InChI=1S/C21H23N3O5/c25-12-15-10-24(11-16(15)13-26)21(29)20(28)23-18-8-6-14(7-9-18)19(27)22-17-4-2-1-3-5-17/h1-9,15-16,25-26H,10-13H2,(H,22,27)(H,23,28)/t15-,16-/m0/s1. The minimum absolute atomic E-state index is 0.150. The molecule has 1 saturated heterocycles. The highest BCUT2D eigenvalue weighted by atomic mass is 16.3. The molecule has 29 heavy (non-hydrogen) atoms. The molecule has 1 heterocycles. The van der Waals surface area contributed by atoms with E-state index < -0.39 is 11.8 Å². The van der Waals surface area contributed by atoms with Crippen LogP contribution in [-0.4, -0.2) is 59.1 Å². The number of carbonyl (C=O) groups excluding carboxylic acids is 3. The molecule has 3 rings (SSSR count). The van der Waals surface area contributed by atoms with Crippen LogP contribution >= 0.6 is 0 Å². The molecular weight excluding hydrogens is 374 g/mol. The molecule has 0 radical (unpaired) electrons. The Morgan fingerprint density at radius 3 is 1.93 bits per heavy atom. The molecule has 0 unspecified atom stereocenters. The number of aliphatic hydroxyl groups excluding tert-OH is 2. The highest BCUT2D eigenvalue weighted by Crippen LogP contribution is 2.23. The second-order valence-electron chi connectivity index (χ2n) is 6.95. The number of anilines is 2. The van der Waals surface area contributed by atoms with Crippen molar-refractivity contribution in [3.63, 3.8) is 0 Å². The molecule has 152 valence electrons. The van der Waals surface area contributed by atoms with Gasteiger partial charge in [-0.25, -0.2) is 0 Å². The van der Waals surface area contributed by atoms with E-state index in [1.54, 1.807) is 36.4 Å². The lowest BCUT2D eigenvalue weighted by Gasteiger charge is -2.15. The smallest absolute Gasteiger partial charge is 0.313 e. The summed E-state index contributed by atoms with van der Waals surface area (Å²) in [5.74, 6) is -2.28. The molecule has 8 heteroatoms. The van der Waals surface area contributed by atoms with Crippen molar-refractivity contribution in [1.29, 1.82) is 0 Å². The third-order valence-corrected chi connectivity index (χ3v) is 4.96. The van der Waals surface area contributed by atoms with E-state index in [0.717, 1.165) is 0 Å². The van der Waals surface area contributed by atoms with Gasteiger partial charge in [-0.1, -0.05) is 18.2 Å².